The molecule has 0 aromatic heterocycles. The summed E-state index contributed by atoms with van der Waals surface area (Å²) in [6.45, 7) is 0. The van der Waals surface area contributed by atoms with Crippen molar-refractivity contribution in [2.45, 2.75) is 12.1 Å². The van der Waals surface area contributed by atoms with Gasteiger partial charge in [0.2, 0.25) is 17.7 Å². The number of hydrogen-bond acceptors (Lipinski definition) is 5. The van der Waals surface area contributed by atoms with Crippen LogP contribution in [0, 0.1) is 17.7 Å². The first-order valence-corrected chi connectivity index (χ1v) is 11.0. The van der Waals surface area contributed by atoms with Gasteiger partial charge >= 0.3 is 0 Å². The number of hydrogen-bond donors (Lipinski definition) is 1. The van der Waals surface area contributed by atoms with E-state index >= 15 is 0 Å². The van der Waals surface area contributed by atoms with Crippen LogP contribution in [0.2, 0.25) is 0 Å². The Hall–Kier alpha value is -4.33. The minimum atomic E-state index is -1.03. The van der Waals surface area contributed by atoms with Crippen molar-refractivity contribution in [3.05, 3.63) is 95.8 Å². The second-order valence-corrected chi connectivity index (χ2v) is 8.51. The monoisotopic (exact) mass is 454 g/mol. The van der Waals surface area contributed by atoms with E-state index in [9.17, 15) is 18.8 Å². The number of benzene rings is 3. The number of anilines is 2. The standard InChI is InChI=1S/C26H19FN4O3/c27-18-12-6-7-13-19(18)30-25(33)20-21(26(30)34)23(24(32)29-16-9-2-1-3-10-16)31-22(20)17-11-5-4-8-15(17)14-28-31/h1-14,20-23H,(H,29,32). The van der Waals surface area contributed by atoms with E-state index in [1.165, 1.54) is 18.2 Å². The molecule has 2 fully saturated rings. The summed E-state index contributed by atoms with van der Waals surface area (Å²) >= 11 is 0. The summed E-state index contributed by atoms with van der Waals surface area (Å²) in [6.07, 6.45) is 1.64. The summed E-state index contributed by atoms with van der Waals surface area (Å²) in [5.74, 6) is -4.14. The molecule has 1 N–H and O–H groups in total. The zero-order valence-corrected chi connectivity index (χ0v) is 17.8. The van der Waals surface area contributed by atoms with Crippen LogP contribution in [0.5, 0.6) is 0 Å². The molecule has 0 aliphatic carbocycles. The van der Waals surface area contributed by atoms with E-state index in [0.29, 0.717) is 5.69 Å². The van der Waals surface area contributed by atoms with Gasteiger partial charge < -0.3 is 5.32 Å². The van der Waals surface area contributed by atoms with Crippen LogP contribution in [0.15, 0.2) is 84.0 Å². The van der Waals surface area contributed by atoms with Gasteiger partial charge in [-0.05, 0) is 35.4 Å². The summed E-state index contributed by atoms with van der Waals surface area (Å²) < 4.78 is 14.6. The number of rotatable bonds is 3. The highest BCUT2D eigenvalue weighted by atomic mass is 19.1. The Balaban J connectivity index is 1.46. The van der Waals surface area contributed by atoms with E-state index in [1.54, 1.807) is 41.6 Å². The molecule has 3 aliphatic rings. The molecular weight excluding hydrogens is 435 g/mol. The van der Waals surface area contributed by atoms with Crippen molar-refractivity contribution < 1.29 is 18.8 Å². The van der Waals surface area contributed by atoms with Crippen LogP contribution in [-0.2, 0) is 14.4 Å². The Morgan fingerprint density at radius 2 is 1.53 bits per heavy atom. The van der Waals surface area contributed by atoms with Crippen molar-refractivity contribution in [2.75, 3.05) is 10.2 Å². The number of imide groups is 1. The number of carbonyl (C=O) groups is 3. The van der Waals surface area contributed by atoms with Crippen LogP contribution < -0.4 is 10.2 Å². The molecule has 0 saturated carbocycles. The third-order valence-corrected chi connectivity index (χ3v) is 6.70. The largest absolute Gasteiger partial charge is 0.324 e. The van der Waals surface area contributed by atoms with Crippen LogP contribution in [-0.4, -0.2) is 35.0 Å². The number of amides is 3. The van der Waals surface area contributed by atoms with Crippen LogP contribution in [0.1, 0.15) is 17.2 Å². The van der Waals surface area contributed by atoms with Crippen molar-refractivity contribution in [3.8, 4) is 0 Å². The van der Waals surface area contributed by atoms with Gasteiger partial charge in [0.05, 0.1) is 29.8 Å². The fourth-order valence-corrected chi connectivity index (χ4v) is 5.28. The molecule has 0 bridgehead atoms. The van der Waals surface area contributed by atoms with Gasteiger partial charge in [0, 0.05) is 5.69 Å². The summed E-state index contributed by atoms with van der Waals surface area (Å²) in [6, 6.07) is 20.3. The van der Waals surface area contributed by atoms with E-state index in [-0.39, 0.29) is 5.69 Å². The predicted molar refractivity (Wildman–Crippen MR) is 123 cm³/mol. The van der Waals surface area contributed by atoms with E-state index in [2.05, 4.69) is 10.4 Å². The van der Waals surface area contributed by atoms with Gasteiger partial charge in [-0.1, -0.05) is 54.6 Å². The number of fused-ring (bicyclic) bond motifs is 5. The van der Waals surface area contributed by atoms with E-state index in [1.807, 2.05) is 30.3 Å². The molecule has 4 unspecified atom stereocenters. The van der Waals surface area contributed by atoms with Crippen molar-refractivity contribution in [3.63, 3.8) is 0 Å². The molecule has 34 heavy (non-hydrogen) atoms. The van der Waals surface area contributed by atoms with Crippen molar-refractivity contribution >= 4 is 35.3 Å². The highest BCUT2D eigenvalue weighted by Gasteiger charge is 2.65. The molecule has 3 aromatic carbocycles. The lowest BCUT2D eigenvalue weighted by molar-refractivity contribution is -0.129. The highest BCUT2D eigenvalue weighted by Crippen LogP contribution is 2.52. The molecule has 4 atom stereocenters. The number of nitrogens with one attached hydrogen (secondary N) is 1. The molecule has 3 amide bonds. The van der Waals surface area contributed by atoms with E-state index in [4.69, 9.17) is 0 Å². The molecule has 7 nitrogen and oxygen atoms in total. The average molecular weight is 454 g/mol. The van der Waals surface area contributed by atoms with Crippen LogP contribution >= 0.6 is 0 Å². The SMILES string of the molecule is O=C(Nc1ccccc1)C1C2C(=O)N(c3ccccc3F)C(=O)C2C2c3ccccc3C=NN12. The summed E-state index contributed by atoms with van der Waals surface area (Å²) in [4.78, 5) is 41.7. The third-order valence-electron chi connectivity index (χ3n) is 6.70. The number of hydrazone groups is 1. The zero-order chi connectivity index (χ0) is 23.4. The smallest absolute Gasteiger partial charge is 0.249 e. The number of nitrogens with zero attached hydrogens (tertiary/aromatic N) is 3. The Labute approximate surface area is 194 Å². The van der Waals surface area contributed by atoms with E-state index in [0.717, 1.165) is 16.0 Å². The van der Waals surface area contributed by atoms with Gasteiger partial charge in [-0.3, -0.25) is 19.4 Å². The van der Waals surface area contributed by atoms with Gasteiger partial charge in [-0.2, -0.15) is 5.10 Å². The molecule has 168 valence electrons. The third kappa shape index (κ3) is 2.88. The van der Waals surface area contributed by atoms with Crippen molar-refractivity contribution in [2.24, 2.45) is 16.9 Å². The maximum Gasteiger partial charge on any atom is 0.249 e. The lowest BCUT2D eigenvalue weighted by Crippen LogP contribution is -2.46. The molecule has 3 aromatic rings. The summed E-state index contributed by atoms with van der Waals surface area (Å²) in [5, 5.41) is 8.90. The van der Waals surface area contributed by atoms with Gasteiger partial charge in [-0.25, -0.2) is 9.29 Å². The number of halogens is 1. The Morgan fingerprint density at radius 3 is 2.32 bits per heavy atom. The molecular formula is C26H19FN4O3. The Morgan fingerprint density at radius 1 is 0.853 bits per heavy atom. The van der Waals surface area contributed by atoms with Gasteiger partial charge in [0.15, 0.2) is 0 Å². The van der Waals surface area contributed by atoms with Crippen LogP contribution in [0.3, 0.4) is 0 Å². The quantitative estimate of drug-likeness (QED) is 0.616. The molecule has 6 rings (SSSR count). The summed E-state index contributed by atoms with van der Waals surface area (Å²) in [7, 11) is 0. The Bertz CT molecular complexity index is 1360. The van der Waals surface area contributed by atoms with Crippen LogP contribution in [0.4, 0.5) is 15.8 Å². The number of para-hydroxylation sites is 2. The lowest BCUT2D eigenvalue weighted by Gasteiger charge is -2.33. The highest BCUT2D eigenvalue weighted by molar-refractivity contribution is 6.24. The lowest BCUT2D eigenvalue weighted by atomic mass is 9.85. The first-order valence-electron chi connectivity index (χ1n) is 11.0. The first-order chi connectivity index (χ1) is 16.6. The second kappa shape index (κ2) is 7.62. The molecule has 3 aliphatic heterocycles. The maximum atomic E-state index is 14.6. The predicted octanol–water partition coefficient (Wildman–Crippen LogP) is 3.34. The maximum absolute atomic E-state index is 14.6. The first kappa shape index (κ1) is 20.3. The zero-order valence-electron chi connectivity index (χ0n) is 17.8. The molecule has 2 saturated heterocycles. The molecule has 0 spiro atoms. The van der Waals surface area contributed by atoms with Gasteiger partial charge in [0.25, 0.3) is 0 Å². The van der Waals surface area contributed by atoms with E-state index < -0.39 is 47.5 Å². The van der Waals surface area contributed by atoms with Crippen LogP contribution in [0.25, 0.3) is 0 Å². The van der Waals surface area contributed by atoms with Crippen molar-refractivity contribution in [1.29, 1.82) is 0 Å². The topological polar surface area (TPSA) is 82.1 Å². The second-order valence-electron chi connectivity index (χ2n) is 8.51. The van der Waals surface area contributed by atoms with Gasteiger partial charge in [0.1, 0.15) is 11.9 Å². The molecule has 8 heteroatoms. The van der Waals surface area contributed by atoms with Gasteiger partial charge in [-0.15, -0.1) is 0 Å². The normalized spacial score (nSPS) is 24.6. The fourth-order valence-electron chi connectivity index (χ4n) is 5.28. The average Bonchev–Trinajstić information content (AvgIpc) is 3.33. The minimum Gasteiger partial charge on any atom is -0.324 e. The molecule has 3 heterocycles. The van der Waals surface area contributed by atoms with Crippen molar-refractivity contribution in [1.82, 2.24) is 5.01 Å². The number of carbonyl (C=O) groups excluding carboxylic acids is 3. The fraction of sp³-hybridized carbons (Fsp3) is 0.154. The summed E-state index contributed by atoms with van der Waals surface area (Å²) in [5.41, 5.74) is 2.08. The Kier molecular flexibility index (Phi) is 4.55. The minimum absolute atomic E-state index is 0.103. The molecule has 0 radical (unpaired) electrons.